The van der Waals surface area contributed by atoms with Crippen LogP contribution in [0.15, 0.2) is 24.3 Å². The third kappa shape index (κ3) is 4.87. The Morgan fingerprint density at radius 2 is 1.91 bits per heavy atom. The van der Waals surface area contributed by atoms with Gasteiger partial charge in [-0.2, -0.15) is 0 Å². The maximum absolute atomic E-state index is 12.2. The molecule has 1 aromatic rings. The van der Waals surface area contributed by atoms with Crippen LogP contribution in [-0.2, 0) is 4.74 Å². The molecule has 3 nitrogen and oxygen atoms in total. The van der Waals surface area contributed by atoms with Crippen LogP contribution >= 0.6 is 24.0 Å². The molecule has 1 heterocycles. The second kappa shape index (κ2) is 8.76. The predicted octanol–water partition coefficient (Wildman–Crippen LogP) is 4.57. The van der Waals surface area contributed by atoms with Crippen LogP contribution in [0, 0.1) is 0 Å². The molecule has 1 fully saturated rings. The molecular weight excluding hydrogens is 321 g/mol. The lowest BCUT2D eigenvalue weighted by molar-refractivity contribution is 0.00813. The minimum absolute atomic E-state index is 0. The average molecular weight is 346 g/mol. The number of ether oxygens (including phenoxy) is 1. The summed E-state index contributed by atoms with van der Waals surface area (Å²) >= 11 is 6.03. The van der Waals surface area contributed by atoms with Crippen LogP contribution in [0.5, 0.6) is 0 Å². The zero-order valence-electron chi connectivity index (χ0n) is 13.4. The topological polar surface area (TPSA) is 29.5 Å². The fourth-order valence-corrected chi connectivity index (χ4v) is 3.25. The second-order valence-electron chi connectivity index (χ2n) is 6.02. The Labute approximate surface area is 144 Å². The van der Waals surface area contributed by atoms with E-state index < -0.39 is 0 Å². The maximum Gasteiger partial charge on any atom is 0.339 e. The summed E-state index contributed by atoms with van der Waals surface area (Å²) < 4.78 is 5.55. The Morgan fingerprint density at radius 1 is 1.32 bits per heavy atom. The zero-order valence-corrected chi connectivity index (χ0v) is 15.0. The van der Waals surface area contributed by atoms with Gasteiger partial charge in [0.1, 0.15) is 6.10 Å². The molecule has 3 unspecified atom stereocenters. The summed E-state index contributed by atoms with van der Waals surface area (Å²) in [5.41, 5.74) is 0.436. The monoisotopic (exact) mass is 345 g/mol. The van der Waals surface area contributed by atoms with Gasteiger partial charge in [0.15, 0.2) is 0 Å². The Morgan fingerprint density at radius 3 is 2.50 bits per heavy atom. The predicted molar refractivity (Wildman–Crippen MR) is 93.1 cm³/mol. The number of halogens is 2. The molecule has 3 atom stereocenters. The highest BCUT2D eigenvalue weighted by Crippen LogP contribution is 2.23. The van der Waals surface area contributed by atoms with Crippen molar-refractivity contribution >= 4 is 30.0 Å². The molecule has 0 amide bonds. The lowest BCUT2D eigenvalue weighted by Gasteiger charge is -2.40. The standard InChI is InChI=1S/C17H24ClNO2.ClH/c1-12-7-6-8-13(2)19(12)11-14(3)21-17(20)15-9-4-5-10-16(15)18;/h4-5,9-10,12-14H,6-8,11H2,1-3H3;1H. The number of benzene rings is 1. The Kier molecular flexibility index (Phi) is 7.67. The molecule has 0 bridgehead atoms. The van der Waals surface area contributed by atoms with Crippen molar-refractivity contribution in [3.8, 4) is 0 Å². The van der Waals surface area contributed by atoms with Gasteiger partial charge in [-0.15, -0.1) is 12.4 Å². The zero-order chi connectivity index (χ0) is 15.4. The van der Waals surface area contributed by atoms with Gasteiger partial charge >= 0.3 is 5.97 Å². The molecule has 5 heteroatoms. The molecule has 1 saturated heterocycles. The molecule has 0 spiro atoms. The SMILES string of the molecule is CC(CN1C(C)CCCC1C)OC(=O)c1ccccc1Cl.Cl. The van der Waals surface area contributed by atoms with Gasteiger partial charge < -0.3 is 4.74 Å². The van der Waals surface area contributed by atoms with E-state index in [0.717, 1.165) is 6.54 Å². The summed E-state index contributed by atoms with van der Waals surface area (Å²) in [5, 5.41) is 0.439. The fraction of sp³-hybridized carbons (Fsp3) is 0.588. The smallest absolute Gasteiger partial charge is 0.339 e. The summed E-state index contributed by atoms with van der Waals surface area (Å²) in [5.74, 6) is -0.342. The first-order chi connectivity index (χ1) is 9.99. The Bertz CT molecular complexity index is 485. The summed E-state index contributed by atoms with van der Waals surface area (Å²) in [4.78, 5) is 14.6. The third-order valence-electron chi connectivity index (χ3n) is 4.25. The third-order valence-corrected chi connectivity index (χ3v) is 4.58. The molecular formula is C17H25Cl2NO2. The van der Waals surface area contributed by atoms with Crippen molar-refractivity contribution < 1.29 is 9.53 Å². The van der Waals surface area contributed by atoms with Crippen molar-refractivity contribution in [2.45, 2.75) is 58.2 Å². The highest BCUT2D eigenvalue weighted by Gasteiger charge is 2.27. The molecule has 0 N–H and O–H groups in total. The quantitative estimate of drug-likeness (QED) is 0.748. The van der Waals surface area contributed by atoms with Gasteiger partial charge in [-0.05, 0) is 45.7 Å². The van der Waals surface area contributed by atoms with Crippen molar-refractivity contribution in [2.75, 3.05) is 6.54 Å². The Balaban J connectivity index is 0.00000242. The van der Waals surface area contributed by atoms with Crippen LogP contribution < -0.4 is 0 Å². The van der Waals surface area contributed by atoms with E-state index >= 15 is 0 Å². The van der Waals surface area contributed by atoms with Crippen molar-refractivity contribution in [3.63, 3.8) is 0 Å². The minimum Gasteiger partial charge on any atom is -0.458 e. The van der Waals surface area contributed by atoms with Crippen LogP contribution in [0.1, 0.15) is 50.4 Å². The van der Waals surface area contributed by atoms with Gasteiger partial charge in [0.25, 0.3) is 0 Å². The summed E-state index contributed by atoms with van der Waals surface area (Å²) in [7, 11) is 0. The summed E-state index contributed by atoms with van der Waals surface area (Å²) in [6.45, 7) is 7.22. The molecule has 1 aliphatic heterocycles. The van der Waals surface area contributed by atoms with Gasteiger partial charge in [0, 0.05) is 18.6 Å². The van der Waals surface area contributed by atoms with Gasteiger partial charge in [-0.25, -0.2) is 4.79 Å². The number of hydrogen-bond donors (Lipinski definition) is 0. The van der Waals surface area contributed by atoms with Crippen LogP contribution in [-0.4, -0.2) is 35.6 Å². The highest BCUT2D eigenvalue weighted by molar-refractivity contribution is 6.33. The van der Waals surface area contributed by atoms with Crippen molar-refractivity contribution in [3.05, 3.63) is 34.9 Å². The van der Waals surface area contributed by atoms with Gasteiger partial charge in [-0.1, -0.05) is 30.2 Å². The number of nitrogens with zero attached hydrogens (tertiary/aromatic N) is 1. The summed E-state index contributed by atoms with van der Waals surface area (Å²) in [6, 6.07) is 8.10. The summed E-state index contributed by atoms with van der Waals surface area (Å²) in [6.07, 6.45) is 3.58. The number of esters is 1. The van der Waals surface area contributed by atoms with Crippen LogP contribution in [0.25, 0.3) is 0 Å². The molecule has 0 radical (unpaired) electrons. The number of likely N-dealkylation sites (tertiary alicyclic amines) is 1. The number of piperidine rings is 1. The first-order valence-electron chi connectivity index (χ1n) is 7.70. The van der Waals surface area contributed by atoms with E-state index in [1.807, 2.05) is 6.92 Å². The number of hydrogen-bond acceptors (Lipinski definition) is 3. The van der Waals surface area contributed by atoms with E-state index in [4.69, 9.17) is 16.3 Å². The first kappa shape index (κ1) is 19.3. The highest BCUT2D eigenvalue weighted by atomic mass is 35.5. The van der Waals surface area contributed by atoms with Crippen molar-refractivity contribution in [2.24, 2.45) is 0 Å². The minimum atomic E-state index is -0.342. The molecule has 2 rings (SSSR count). The van der Waals surface area contributed by atoms with Crippen LogP contribution in [0.2, 0.25) is 5.02 Å². The van der Waals surface area contributed by atoms with Gasteiger partial charge in [0.05, 0.1) is 10.6 Å². The lowest BCUT2D eigenvalue weighted by Crippen LogP contribution is -2.47. The van der Waals surface area contributed by atoms with Gasteiger partial charge in [0.2, 0.25) is 0 Å². The number of carbonyl (C=O) groups excluding carboxylic acids is 1. The molecule has 22 heavy (non-hydrogen) atoms. The maximum atomic E-state index is 12.2. The molecule has 0 aromatic heterocycles. The molecule has 0 aliphatic carbocycles. The first-order valence-corrected chi connectivity index (χ1v) is 8.08. The second-order valence-corrected chi connectivity index (χ2v) is 6.43. The van der Waals surface area contributed by atoms with E-state index in [9.17, 15) is 4.79 Å². The Hall–Kier alpha value is -0.770. The van der Waals surface area contributed by atoms with Crippen molar-refractivity contribution in [1.82, 2.24) is 4.90 Å². The number of rotatable bonds is 4. The van der Waals surface area contributed by atoms with Crippen LogP contribution in [0.3, 0.4) is 0 Å². The lowest BCUT2D eigenvalue weighted by atomic mass is 9.97. The number of carbonyl (C=O) groups is 1. The van der Waals surface area contributed by atoms with E-state index in [1.54, 1.807) is 24.3 Å². The largest absolute Gasteiger partial charge is 0.458 e. The van der Waals surface area contributed by atoms with Crippen molar-refractivity contribution in [1.29, 1.82) is 0 Å². The normalized spacial score (nSPS) is 23.5. The van der Waals surface area contributed by atoms with E-state index in [-0.39, 0.29) is 24.5 Å². The van der Waals surface area contributed by atoms with Crippen LogP contribution in [0.4, 0.5) is 0 Å². The molecule has 124 valence electrons. The van der Waals surface area contributed by atoms with E-state index in [1.165, 1.54) is 19.3 Å². The molecule has 0 saturated carbocycles. The van der Waals surface area contributed by atoms with Gasteiger partial charge in [-0.3, -0.25) is 4.90 Å². The van der Waals surface area contributed by atoms with E-state index in [2.05, 4.69) is 18.7 Å². The molecule has 1 aromatic carbocycles. The average Bonchev–Trinajstić information content (AvgIpc) is 2.43. The fourth-order valence-electron chi connectivity index (χ4n) is 3.04. The van der Waals surface area contributed by atoms with E-state index in [0.29, 0.717) is 22.7 Å². The molecule has 1 aliphatic rings.